The molecule has 108 valence electrons. The monoisotopic (exact) mass is 280 g/mol. The number of fused-ring (bicyclic) bond motifs is 1. The molecule has 0 radical (unpaired) electrons. The minimum Gasteiger partial charge on any atom is -0.348 e. The molecule has 3 heteroatoms. The Kier molecular flexibility index (Phi) is 4.02. The minimum atomic E-state index is 0.0601. The highest BCUT2D eigenvalue weighted by Crippen LogP contribution is 2.24. The first-order valence-corrected chi connectivity index (χ1v) is 7.36. The third kappa shape index (κ3) is 3.14. The molecule has 3 nitrogen and oxygen atoms in total. The molecule has 1 aliphatic heterocycles. The normalized spacial score (nSPS) is 17.1. The molecular weight excluding hydrogens is 260 g/mol. The summed E-state index contributed by atoms with van der Waals surface area (Å²) >= 11 is 0. The van der Waals surface area contributed by atoms with Crippen LogP contribution in [0, 0.1) is 6.92 Å². The van der Waals surface area contributed by atoms with Crippen molar-refractivity contribution in [3.63, 3.8) is 0 Å². The maximum atomic E-state index is 12.2. The maximum absolute atomic E-state index is 12.2. The Bertz CT molecular complexity index is 637. The largest absolute Gasteiger partial charge is 0.348 e. The average molecular weight is 280 g/mol. The van der Waals surface area contributed by atoms with Crippen LogP contribution in [0.2, 0.25) is 0 Å². The highest BCUT2D eigenvalue weighted by atomic mass is 16.1. The van der Waals surface area contributed by atoms with Crippen LogP contribution in [0.25, 0.3) is 0 Å². The van der Waals surface area contributed by atoms with Crippen molar-refractivity contribution in [3.05, 3.63) is 70.8 Å². The summed E-state index contributed by atoms with van der Waals surface area (Å²) in [5.41, 5.74) is 4.88. The summed E-state index contributed by atoms with van der Waals surface area (Å²) in [7, 11) is 0. The Hall–Kier alpha value is -2.13. The first-order chi connectivity index (χ1) is 10.2. The number of hydrogen-bond acceptors (Lipinski definition) is 2. The van der Waals surface area contributed by atoms with Crippen molar-refractivity contribution < 1.29 is 4.79 Å². The fourth-order valence-corrected chi connectivity index (χ4v) is 2.90. The zero-order valence-electron chi connectivity index (χ0n) is 12.2. The molecule has 1 amide bonds. The second kappa shape index (κ2) is 6.10. The Labute approximate surface area is 125 Å². The average Bonchev–Trinajstić information content (AvgIpc) is 2.49. The van der Waals surface area contributed by atoms with Crippen LogP contribution in [-0.4, -0.2) is 12.5 Å². The van der Waals surface area contributed by atoms with Crippen LogP contribution in [0.4, 0.5) is 0 Å². The summed E-state index contributed by atoms with van der Waals surface area (Å²) < 4.78 is 0. The van der Waals surface area contributed by atoms with Gasteiger partial charge in [0, 0.05) is 13.1 Å². The van der Waals surface area contributed by atoms with Gasteiger partial charge in [-0.2, -0.15) is 0 Å². The van der Waals surface area contributed by atoms with Gasteiger partial charge in [0.2, 0.25) is 5.91 Å². The van der Waals surface area contributed by atoms with Crippen molar-refractivity contribution in [1.29, 1.82) is 0 Å². The van der Waals surface area contributed by atoms with Crippen LogP contribution in [0.15, 0.2) is 48.5 Å². The Morgan fingerprint density at radius 1 is 1.19 bits per heavy atom. The van der Waals surface area contributed by atoms with Gasteiger partial charge in [-0.25, -0.2) is 0 Å². The zero-order chi connectivity index (χ0) is 14.7. The Balaban J connectivity index is 1.72. The standard InChI is InChI=1S/C18H20N2O/c1-13-6-5-9-15-16(13)11-19-12-17(15)20-18(21)10-14-7-3-2-4-8-14/h2-9,17,19H,10-12H2,1H3,(H,20,21). The van der Waals surface area contributed by atoms with Gasteiger partial charge in [0.25, 0.3) is 0 Å². The van der Waals surface area contributed by atoms with Crippen LogP contribution >= 0.6 is 0 Å². The molecule has 0 fully saturated rings. The van der Waals surface area contributed by atoms with Crippen LogP contribution in [-0.2, 0) is 17.8 Å². The van der Waals surface area contributed by atoms with Gasteiger partial charge in [-0.15, -0.1) is 0 Å². The molecule has 0 bridgehead atoms. The molecule has 3 rings (SSSR count). The van der Waals surface area contributed by atoms with Crippen molar-refractivity contribution in [2.75, 3.05) is 6.54 Å². The van der Waals surface area contributed by atoms with Crippen molar-refractivity contribution in [3.8, 4) is 0 Å². The lowest BCUT2D eigenvalue weighted by Gasteiger charge is -2.28. The van der Waals surface area contributed by atoms with E-state index in [9.17, 15) is 4.79 Å². The summed E-state index contributed by atoms with van der Waals surface area (Å²) in [6.45, 7) is 3.79. The Morgan fingerprint density at radius 2 is 2.00 bits per heavy atom. The second-order valence-corrected chi connectivity index (χ2v) is 5.56. The van der Waals surface area contributed by atoms with E-state index in [0.717, 1.165) is 18.7 Å². The number of carbonyl (C=O) groups is 1. The van der Waals surface area contributed by atoms with E-state index in [0.29, 0.717) is 6.42 Å². The van der Waals surface area contributed by atoms with Crippen molar-refractivity contribution in [2.24, 2.45) is 0 Å². The van der Waals surface area contributed by atoms with Gasteiger partial charge in [-0.1, -0.05) is 48.5 Å². The molecule has 1 heterocycles. The first kappa shape index (κ1) is 13.8. The number of rotatable bonds is 3. The SMILES string of the molecule is Cc1cccc2c1CNCC2NC(=O)Cc1ccccc1. The highest BCUT2D eigenvalue weighted by molar-refractivity contribution is 5.79. The lowest BCUT2D eigenvalue weighted by Crippen LogP contribution is -2.40. The molecule has 1 aliphatic rings. The number of amides is 1. The van der Waals surface area contributed by atoms with Gasteiger partial charge in [0.15, 0.2) is 0 Å². The smallest absolute Gasteiger partial charge is 0.224 e. The molecule has 21 heavy (non-hydrogen) atoms. The fraction of sp³-hybridized carbons (Fsp3) is 0.278. The van der Waals surface area contributed by atoms with E-state index in [1.54, 1.807) is 0 Å². The summed E-state index contributed by atoms with van der Waals surface area (Å²) in [5, 5.41) is 6.54. The van der Waals surface area contributed by atoms with Gasteiger partial charge >= 0.3 is 0 Å². The lowest BCUT2D eigenvalue weighted by molar-refractivity contribution is -0.121. The molecule has 0 aromatic heterocycles. The van der Waals surface area contributed by atoms with Crippen LogP contribution < -0.4 is 10.6 Å². The van der Waals surface area contributed by atoms with Gasteiger partial charge in [0.05, 0.1) is 12.5 Å². The van der Waals surface area contributed by atoms with E-state index in [-0.39, 0.29) is 11.9 Å². The molecule has 2 aromatic rings. The molecular formula is C18H20N2O. The summed E-state index contributed by atoms with van der Waals surface area (Å²) in [5.74, 6) is 0.0716. The van der Waals surface area contributed by atoms with Gasteiger partial charge in [0.1, 0.15) is 0 Å². The van der Waals surface area contributed by atoms with E-state index in [1.165, 1.54) is 16.7 Å². The highest BCUT2D eigenvalue weighted by Gasteiger charge is 2.22. The second-order valence-electron chi connectivity index (χ2n) is 5.56. The summed E-state index contributed by atoms with van der Waals surface area (Å²) in [4.78, 5) is 12.2. The number of hydrogen-bond donors (Lipinski definition) is 2. The van der Waals surface area contributed by atoms with Crippen molar-refractivity contribution in [1.82, 2.24) is 10.6 Å². The molecule has 0 aliphatic carbocycles. The predicted molar refractivity (Wildman–Crippen MR) is 83.9 cm³/mol. The molecule has 2 N–H and O–H groups in total. The van der Waals surface area contributed by atoms with Crippen LogP contribution in [0.3, 0.4) is 0 Å². The zero-order valence-corrected chi connectivity index (χ0v) is 12.2. The lowest BCUT2D eigenvalue weighted by atomic mass is 9.93. The predicted octanol–water partition coefficient (Wildman–Crippen LogP) is 2.50. The Morgan fingerprint density at radius 3 is 2.81 bits per heavy atom. The summed E-state index contributed by atoms with van der Waals surface area (Å²) in [6.07, 6.45) is 0.429. The van der Waals surface area contributed by atoms with Gasteiger partial charge in [-0.3, -0.25) is 4.79 Å². The topological polar surface area (TPSA) is 41.1 Å². The third-order valence-corrected chi connectivity index (χ3v) is 4.01. The van der Waals surface area contributed by atoms with Crippen LogP contribution in [0.5, 0.6) is 0 Å². The van der Waals surface area contributed by atoms with E-state index >= 15 is 0 Å². The number of nitrogens with one attached hydrogen (secondary N) is 2. The van der Waals surface area contributed by atoms with E-state index in [1.807, 2.05) is 30.3 Å². The number of benzene rings is 2. The van der Waals surface area contributed by atoms with Gasteiger partial charge < -0.3 is 10.6 Å². The van der Waals surface area contributed by atoms with E-state index < -0.39 is 0 Å². The molecule has 1 atom stereocenters. The maximum Gasteiger partial charge on any atom is 0.224 e. The molecule has 0 spiro atoms. The molecule has 2 aromatic carbocycles. The molecule has 1 unspecified atom stereocenters. The number of aryl methyl sites for hydroxylation is 1. The minimum absolute atomic E-state index is 0.0601. The molecule has 0 saturated carbocycles. The third-order valence-electron chi connectivity index (χ3n) is 4.01. The van der Waals surface area contributed by atoms with Crippen molar-refractivity contribution >= 4 is 5.91 Å². The first-order valence-electron chi connectivity index (χ1n) is 7.36. The van der Waals surface area contributed by atoms with E-state index in [2.05, 4.69) is 35.8 Å². The fourth-order valence-electron chi connectivity index (χ4n) is 2.90. The summed E-state index contributed by atoms with van der Waals surface area (Å²) in [6, 6.07) is 16.2. The number of carbonyl (C=O) groups excluding carboxylic acids is 1. The molecule has 0 saturated heterocycles. The van der Waals surface area contributed by atoms with E-state index in [4.69, 9.17) is 0 Å². The van der Waals surface area contributed by atoms with Crippen LogP contribution in [0.1, 0.15) is 28.3 Å². The van der Waals surface area contributed by atoms with Crippen molar-refractivity contribution in [2.45, 2.75) is 25.9 Å². The quantitative estimate of drug-likeness (QED) is 0.907. The van der Waals surface area contributed by atoms with Gasteiger partial charge in [-0.05, 0) is 29.2 Å².